The first-order chi connectivity index (χ1) is 11.2. The van der Waals surface area contributed by atoms with Crippen molar-refractivity contribution in [3.05, 3.63) is 45.5 Å². The van der Waals surface area contributed by atoms with Crippen LogP contribution in [-0.4, -0.2) is 41.1 Å². The Balaban J connectivity index is 1.79. The second-order valence-electron chi connectivity index (χ2n) is 5.75. The van der Waals surface area contributed by atoms with E-state index in [4.69, 9.17) is 27.7 Å². The van der Waals surface area contributed by atoms with Gasteiger partial charge >= 0.3 is 0 Å². The summed E-state index contributed by atoms with van der Waals surface area (Å²) in [6, 6.07) is 4.65. The second kappa shape index (κ2) is 6.27. The van der Waals surface area contributed by atoms with Crippen LogP contribution in [-0.2, 0) is 21.4 Å². The normalized spacial score (nSPS) is 22.2. The maximum Gasteiger partial charge on any atom is 0.260 e. The first-order valence-corrected chi connectivity index (χ1v) is 9.51. The summed E-state index contributed by atoms with van der Waals surface area (Å²) < 4.78 is 31.4. The molecule has 1 aromatic carbocycles. The molecule has 1 fully saturated rings. The molecule has 1 aromatic heterocycles. The number of β-amino-alcohol motifs (C(OH)–C–C–N with tert-alkyl or cyclic N) is 1. The maximum atomic E-state index is 12.6. The molecule has 0 radical (unpaired) electrons. The second-order valence-corrected chi connectivity index (χ2v) is 8.57. The Morgan fingerprint density at radius 1 is 1.42 bits per heavy atom. The molecule has 2 heterocycles. The monoisotopic (exact) mass is 391 g/mol. The third-order valence-corrected chi connectivity index (χ3v) is 6.25. The van der Waals surface area contributed by atoms with Crippen molar-refractivity contribution in [2.24, 2.45) is 0 Å². The molecular formula is C14H15Cl2N3O4S. The van der Waals surface area contributed by atoms with Gasteiger partial charge in [-0.05, 0) is 24.6 Å². The highest BCUT2D eigenvalue weighted by molar-refractivity contribution is 7.88. The molecule has 0 spiro atoms. The molecule has 0 aliphatic carbocycles. The summed E-state index contributed by atoms with van der Waals surface area (Å²) in [5.74, 6) is 0.136. The van der Waals surface area contributed by atoms with Gasteiger partial charge in [-0.15, -0.1) is 0 Å². The zero-order valence-electron chi connectivity index (χ0n) is 12.7. The van der Waals surface area contributed by atoms with Crippen LogP contribution in [0, 0.1) is 6.92 Å². The maximum absolute atomic E-state index is 12.6. The molecule has 1 unspecified atom stereocenters. The van der Waals surface area contributed by atoms with Gasteiger partial charge in [-0.1, -0.05) is 34.4 Å². The molecule has 130 valence electrons. The van der Waals surface area contributed by atoms with Crippen LogP contribution in [0.4, 0.5) is 0 Å². The molecular weight excluding hydrogens is 377 g/mol. The number of hydrogen-bond donors (Lipinski definition) is 1. The van der Waals surface area contributed by atoms with Crippen molar-refractivity contribution in [3.63, 3.8) is 0 Å². The van der Waals surface area contributed by atoms with Crippen LogP contribution in [0.1, 0.15) is 23.7 Å². The van der Waals surface area contributed by atoms with E-state index in [9.17, 15) is 13.5 Å². The lowest BCUT2D eigenvalue weighted by atomic mass is 10.0. The summed E-state index contributed by atoms with van der Waals surface area (Å²) in [6.07, 6.45) is 0.183. The molecule has 0 saturated carbocycles. The molecule has 3 rings (SSSR count). The van der Waals surface area contributed by atoms with Crippen molar-refractivity contribution in [1.29, 1.82) is 0 Å². The topological polar surface area (TPSA) is 96.5 Å². The number of halogens is 2. The number of benzene rings is 1. The number of aromatic nitrogens is 2. The fourth-order valence-corrected chi connectivity index (χ4v) is 4.75. The quantitative estimate of drug-likeness (QED) is 0.856. The molecule has 1 saturated heterocycles. The van der Waals surface area contributed by atoms with Gasteiger partial charge in [-0.3, -0.25) is 0 Å². The Morgan fingerprint density at radius 3 is 2.79 bits per heavy atom. The summed E-state index contributed by atoms with van der Waals surface area (Å²) in [6.45, 7) is 1.65. The van der Waals surface area contributed by atoms with Crippen LogP contribution in [0.25, 0.3) is 0 Å². The Hall–Kier alpha value is -1.19. The number of rotatable bonds is 4. The molecule has 0 amide bonds. The fourth-order valence-electron chi connectivity index (χ4n) is 2.58. The van der Waals surface area contributed by atoms with E-state index in [1.54, 1.807) is 19.1 Å². The number of hydrogen-bond acceptors (Lipinski definition) is 6. The Bertz CT molecular complexity index is 871. The van der Waals surface area contributed by atoms with Crippen molar-refractivity contribution in [3.8, 4) is 0 Å². The van der Waals surface area contributed by atoms with Crippen molar-refractivity contribution in [2.45, 2.75) is 24.7 Å². The lowest BCUT2D eigenvalue weighted by Gasteiger charge is -2.20. The van der Waals surface area contributed by atoms with Gasteiger partial charge < -0.3 is 9.63 Å². The van der Waals surface area contributed by atoms with Gasteiger partial charge in [-0.25, -0.2) is 8.42 Å². The van der Waals surface area contributed by atoms with Crippen molar-refractivity contribution < 1.29 is 18.0 Å². The van der Waals surface area contributed by atoms with Gasteiger partial charge in [0.2, 0.25) is 10.0 Å². The van der Waals surface area contributed by atoms with Crippen molar-refractivity contribution >= 4 is 33.2 Å². The molecule has 24 heavy (non-hydrogen) atoms. The molecule has 10 heteroatoms. The predicted octanol–water partition coefficient (Wildman–Crippen LogP) is 2.11. The van der Waals surface area contributed by atoms with Gasteiger partial charge in [0.15, 0.2) is 11.4 Å². The SMILES string of the molecule is Cc1noc(C2(O)CCN(S(=O)(=O)Cc3ccc(Cl)cc3Cl)C2)n1. The zero-order chi connectivity index (χ0) is 17.5. The fraction of sp³-hybridized carbons (Fsp3) is 0.429. The third-order valence-electron chi connectivity index (χ3n) is 3.88. The average molecular weight is 392 g/mol. The summed E-state index contributed by atoms with van der Waals surface area (Å²) in [5.41, 5.74) is -1.02. The predicted molar refractivity (Wildman–Crippen MR) is 88.2 cm³/mol. The standard InChI is InChI=1S/C14H15Cl2N3O4S/c1-9-17-13(23-18-9)14(20)4-5-19(8-14)24(21,22)7-10-2-3-11(15)6-12(10)16/h2-3,6,20H,4-5,7-8H2,1H3. The van der Waals surface area contributed by atoms with Gasteiger partial charge in [0, 0.05) is 23.0 Å². The summed E-state index contributed by atoms with van der Waals surface area (Å²) in [4.78, 5) is 4.00. The first kappa shape index (κ1) is 17.6. The number of aryl methyl sites for hydroxylation is 1. The van der Waals surface area contributed by atoms with E-state index in [0.717, 1.165) is 0 Å². The van der Waals surface area contributed by atoms with Crippen LogP contribution < -0.4 is 0 Å². The minimum Gasteiger partial charge on any atom is -0.379 e. The minimum absolute atomic E-state index is 0.0298. The molecule has 2 aromatic rings. The van der Waals surface area contributed by atoms with Gasteiger partial charge in [-0.2, -0.15) is 9.29 Å². The van der Waals surface area contributed by atoms with Crippen LogP contribution in [0.5, 0.6) is 0 Å². The van der Waals surface area contributed by atoms with E-state index in [0.29, 0.717) is 16.4 Å². The largest absolute Gasteiger partial charge is 0.379 e. The van der Waals surface area contributed by atoms with Crippen LogP contribution in [0.15, 0.2) is 22.7 Å². The van der Waals surface area contributed by atoms with Crippen LogP contribution in [0.3, 0.4) is 0 Å². The van der Waals surface area contributed by atoms with E-state index in [-0.39, 0.29) is 36.2 Å². The Labute approximate surface area is 149 Å². The van der Waals surface area contributed by atoms with Gasteiger partial charge in [0.1, 0.15) is 0 Å². The van der Waals surface area contributed by atoms with E-state index in [1.807, 2.05) is 0 Å². The van der Waals surface area contributed by atoms with Crippen LogP contribution in [0.2, 0.25) is 10.0 Å². The highest BCUT2D eigenvalue weighted by Gasteiger charge is 2.46. The number of sulfonamides is 1. The number of aliphatic hydroxyl groups is 1. The Morgan fingerprint density at radius 2 is 2.17 bits per heavy atom. The van der Waals surface area contributed by atoms with Gasteiger partial charge in [0.05, 0.1) is 12.3 Å². The average Bonchev–Trinajstić information content (AvgIpc) is 3.10. The molecule has 0 bridgehead atoms. The van der Waals surface area contributed by atoms with E-state index in [1.165, 1.54) is 10.4 Å². The lowest BCUT2D eigenvalue weighted by Crippen LogP contribution is -2.35. The molecule has 1 aliphatic heterocycles. The molecule has 1 aliphatic rings. The van der Waals surface area contributed by atoms with Gasteiger partial charge in [0.25, 0.3) is 5.89 Å². The third kappa shape index (κ3) is 3.43. The smallest absolute Gasteiger partial charge is 0.260 e. The van der Waals surface area contributed by atoms with E-state index in [2.05, 4.69) is 10.1 Å². The molecule has 1 atom stereocenters. The zero-order valence-corrected chi connectivity index (χ0v) is 15.1. The van der Waals surface area contributed by atoms with E-state index >= 15 is 0 Å². The summed E-state index contributed by atoms with van der Waals surface area (Å²) >= 11 is 11.9. The van der Waals surface area contributed by atoms with Crippen molar-refractivity contribution in [1.82, 2.24) is 14.4 Å². The highest BCUT2D eigenvalue weighted by atomic mass is 35.5. The van der Waals surface area contributed by atoms with Crippen LogP contribution >= 0.6 is 23.2 Å². The number of nitrogens with zero attached hydrogens (tertiary/aromatic N) is 3. The summed E-state index contributed by atoms with van der Waals surface area (Å²) in [7, 11) is -3.66. The highest BCUT2D eigenvalue weighted by Crippen LogP contribution is 2.33. The summed E-state index contributed by atoms with van der Waals surface area (Å²) in [5, 5.41) is 15.0. The van der Waals surface area contributed by atoms with E-state index < -0.39 is 15.6 Å². The Kier molecular flexibility index (Phi) is 4.61. The minimum atomic E-state index is -3.66. The lowest BCUT2D eigenvalue weighted by molar-refractivity contribution is 0.0194. The van der Waals surface area contributed by atoms with Crippen molar-refractivity contribution in [2.75, 3.05) is 13.1 Å². The molecule has 1 N–H and O–H groups in total. The first-order valence-electron chi connectivity index (χ1n) is 7.14. The molecule has 7 nitrogen and oxygen atoms in total.